The second-order valence-corrected chi connectivity index (χ2v) is 6.98. The first-order chi connectivity index (χ1) is 9.67. The number of rotatable bonds is 3. The Morgan fingerprint density at radius 1 is 1.33 bits per heavy atom. The third-order valence-electron chi connectivity index (χ3n) is 3.38. The fraction of sp³-hybridized carbons (Fsp3) is 0.529. The zero-order valence-corrected chi connectivity index (χ0v) is 13.8. The predicted octanol–water partition coefficient (Wildman–Crippen LogP) is 3.15. The Morgan fingerprint density at radius 3 is 2.57 bits per heavy atom. The van der Waals surface area contributed by atoms with Gasteiger partial charge in [-0.1, -0.05) is 19.9 Å². The molecule has 0 aliphatic carbocycles. The number of aryl methyl sites for hydroxylation is 1. The van der Waals surface area contributed by atoms with Gasteiger partial charge in [0.25, 0.3) is 0 Å². The molecule has 114 valence electrons. The molecule has 0 atom stereocenters. The van der Waals surface area contributed by atoms with Crippen molar-refractivity contribution >= 4 is 16.9 Å². The summed E-state index contributed by atoms with van der Waals surface area (Å²) in [5, 5.41) is 2.99. The van der Waals surface area contributed by atoms with Crippen LogP contribution in [0, 0.1) is 0 Å². The Bertz CT molecular complexity index is 662. The molecule has 0 fully saturated rings. The topological polar surface area (TPSA) is 46.9 Å². The Morgan fingerprint density at radius 2 is 2.00 bits per heavy atom. The van der Waals surface area contributed by atoms with Crippen molar-refractivity contribution < 1.29 is 4.79 Å². The van der Waals surface area contributed by atoms with E-state index in [4.69, 9.17) is 0 Å². The van der Waals surface area contributed by atoms with Gasteiger partial charge in [-0.25, -0.2) is 4.98 Å². The van der Waals surface area contributed by atoms with Crippen LogP contribution in [0.4, 0.5) is 0 Å². The van der Waals surface area contributed by atoms with Crippen LogP contribution in [0.1, 0.15) is 51.9 Å². The van der Waals surface area contributed by atoms with Gasteiger partial charge in [0.15, 0.2) is 0 Å². The van der Waals surface area contributed by atoms with Gasteiger partial charge in [-0.2, -0.15) is 0 Å². The van der Waals surface area contributed by atoms with E-state index in [0.29, 0.717) is 12.3 Å². The number of carbonyl (C=O) groups excluding carboxylic acids is 1. The number of carbonyl (C=O) groups is 1. The van der Waals surface area contributed by atoms with E-state index in [1.54, 1.807) is 0 Å². The number of imidazole rings is 1. The zero-order valence-electron chi connectivity index (χ0n) is 13.8. The van der Waals surface area contributed by atoms with Crippen LogP contribution < -0.4 is 5.32 Å². The minimum Gasteiger partial charge on any atom is -0.351 e. The highest BCUT2D eigenvalue weighted by atomic mass is 16.1. The molecule has 1 amide bonds. The van der Waals surface area contributed by atoms with Gasteiger partial charge in [0, 0.05) is 18.5 Å². The SMILES string of the molecule is CC(C)c1nc2cc(CC(=O)NC(C)(C)C)ccc2n1C. The van der Waals surface area contributed by atoms with Gasteiger partial charge in [-0.15, -0.1) is 0 Å². The number of fused-ring (bicyclic) bond motifs is 1. The van der Waals surface area contributed by atoms with Gasteiger partial charge in [0.1, 0.15) is 5.82 Å². The molecule has 0 bridgehead atoms. The summed E-state index contributed by atoms with van der Waals surface area (Å²) >= 11 is 0. The van der Waals surface area contributed by atoms with E-state index < -0.39 is 0 Å². The zero-order chi connectivity index (χ0) is 15.8. The lowest BCUT2D eigenvalue weighted by Crippen LogP contribution is -2.41. The van der Waals surface area contributed by atoms with E-state index in [1.807, 2.05) is 46.0 Å². The molecule has 1 heterocycles. The van der Waals surface area contributed by atoms with Crippen molar-refractivity contribution in [3.63, 3.8) is 0 Å². The van der Waals surface area contributed by atoms with Crippen LogP contribution in [-0.4, -0.2) is 21.0 Å². The van der Waals surface area contributed by atoms with Gasteiger partial charge >= 0.3 is 0 Å². The van der Waals surface area contributed by atoms with E-state index in [1.165, 1.54) is 0 Å². The molecule has 21 heavy (non-hydrogen) atoms. The first kappa shape index (κ1) is 15.5. The Hall–Kier alpha value is -1.84. The van der Waals surface area contributed by atoms with Crippen LogP contribution in [0.15, 0.2) is 18.2 Å². The summed E-state index contributed by atoms with van der Waals surface area (Å²) < 4.78 is 2.12. The molecular weight excluding hydrogens is 262 g/mol. The van der Waals surface area contributed by atoms with Crippen LogP contribution in [0.5, 0.6) is 0 Å². The molecule has 1 aromatic carbocycles. The van der Waals surface area contributed by atoms with Crippen molar-refractivity contribution in [1.29, 1.82) is 0 Å². The molecule has 0 aliphatic heterocycles. The lowest BCUT2D eigenvalue weighted by molar-refractivity contribution is -0.121. The number of aromatic nitrogens is 2. The summed E-state index contributed by atoms with van der Waals surface area (Å²) in [5.74, 6) is 1.50. The van der Waals surface area contributed by atoms with Crippen LogP contribution in [0.25, 0.3) is 11.0 Å². The monoisotopic (exact) mass is 287 g/mol. The highest BCUT2D eigenvalue weighted by molar-refractivity contribution is 5.82. The molecule has 0 unspecified atom stereocenters. The molecule has 1 N–H and O–H groups in total. The average Bonchev–Trinajstić information content (AvgIpc) is 2.64. The number of benzene rings is 1. The molecule has 4 heteroatoms. The predicted molar refractivity (Wildman–Crippen MR) is 86.4 cm³/mol. The van der Waals surface area contributed by atoms with Crippen molar-refractivity contribution in [3.8, 4) is 0 Å². The van der Waals surface area contributed by atoms with Crippen molar-refractivity contribution in [2.45, 2.75) is 52.5 Å². The summed E-state index contributed by atoms with van der Waals surface area (Å²) in [5.41, 5.74) is 2.87. The van der Waals surface area contributed by atoms with Gasteiger partial charge in [0.2, 0.25) is 5.91 Å². The molecule has 0 saturated carbocycles. The number of amides is 1. The molecule has 0 radical (unpaired) electrons. The number of nitrogens with one attached hydrogen (secondary N) is 1. The Balaban J connectivity index is 2.25. The summed E-state index contributed by atoms with van der Waals surface area (Å²) in [6, 6.07) is 6.08. The molecule has 1 aromatic heterocycles. The van der Waals surface area contributed by atoms with E-state index in [0.717, 1.165) is 22.4 Å². The molecule has 0 aliphatic rings. The summed E-state index contributed by atoms with van der Waals surface area (Å²) in [7, 11) is 2.04. The molecule has 0 spiro atoms. The smallest absolute Gasteiger partial charge is 0.224 e. The lowest BCUT2D eigenvalue weighted by atomic mass is 10.1. The molecule has 0 saturated heterocycles. The average molecular weight is 287 g/mol. The van der Waals surface area contributed by atoms with E-state index in [9.17, 15) is 4.79 Å². The maximum atomic E-state index is 12.0. The summed E-state index contributed by atoms with van der Waals surface area (Å²) in [4.78, 5) is 16.7. The van der Waals surface area contributed by atoms with Crippen LogP contribution in [-0.2, 0) is 18.3 Å². The largest absolute Gasteiger partial charge is 0.351 e. The van der Waals surface area contributed by atoms with Crippen LogP contribution in [0.2, 0.25) is 0 Å². The number of nitrogens with zero attached hydrogens (tertiary/aromatic N) is 2. The van der Waals surface area contributed by atoms with Crippen LogP contribution in [0.3, 0.4) is 0 Å². The second kappa shape index (κ2) is 5.51. The van der Waals surface area contributed by atoms with Crippen molar-refractivity contribution in [2.75, 3.05) is 0 Å². The normalized spacial score (nSPS) is 12.1. The Labute approximate surface area is 126 Å². The maximum absolute atomic E-state index is 12.0. The van der Waals surface area contributed by atoms with E-state index in [2.05, 4.69) is 28.7 Å². The highest BCUT2D eigenvalue weighted by Gasteiger charge is 2.15. The molecule has 2 rings (SSSR count). The molecule has 2 aromatic rings. The maximum Gasteiger partial charge on any atom is 0.224 e. The van der Waals surface area contributed by atoms with Gasteiger partial charge in [0.05, 0.1) is 17.5 Å². The first-order valence-corrected chi connectivity index (χ1v) is 7.43. The van der Waals surface area contributed by atoms with Gasteiger partial charge in [-0.05, 0) is 38.5 Å². The first-order valence-electron chi connectivity index (χ1n) is 7.43. The minimum atomic E-state index is -0.197. The fourth-order valence-corrected chi connectivity index (χ4v) is 2.54. The summed E-state index contributed by atoms with van der Waals surface area (Å²) in [6.45, 7) is 10.2. The van der Waals surface area contributed by atoms with Crippen molar-refractivity contribution in [2.24, 2.45) is 7.05 Å². The van der Waals surface area contributed by atoms with Gasteiger partial charge < -0.3 is 9.88 Å². The van der Waals surface area contributed by atoms with Gasteiger partial charge in [-0.3, -0.25) is 4.79 Å². The summed E-state index contributed by atoms with van der Waals surface area (Å²) in [6.07, 6.45) is 0.390. The highest BCUT2D eigenvalue weighted by Crippen LogP contribution is 2.21. The van der Waals surface area contributed by atoms with E-state index >= 15 is 0 Å². The fourth-order valence-electron chi connectivity index (χ4n) is 2.54. The standard InChI is InChI=1S/C17H25N3O/c1-11(2)16-18-13-9-12(7-8-14(13)20(16)6)10-15(21)19-17(3,4)5/h7-9,11H,10H2,1-6H3,(H,19,21). The third kappa shape index (κ3) is 3.63. The lowest BCUT2D eigenvalue weighted by Gasteiger charge is -2.20. The van der Waals surface area contributed by atoms with Crippen molar-refractivity contribution in [3.05, 3.63) is 29.6 Å². The molecular formula is C17H25N3O. The molecule has 4 nitrogen and oxygen atoms in total. The minimum absolute atomic E-state index is 0.0434. The van der Waals surface area contributed by atoms with Crippen LogP contribution >= 0.6 is 0 Å². The second-order valence-electron chi connectivity index (χ2n) is 6.98. The number of hydrogen-bond acceptors (Lipinski definition) is 2. The van der Waals surface area contributed by atoms with Crippen molar-refractivity contribution in [1.82, 2.24) is 14.9 Å². The number of hydrogen-bond donors (Lipinski definition) is 1. The van der Waals surface area contributed by atoms with E-state index in [-0.39, 0.29) is 11.4 Å². The third-order valence-corrected chi connectivity index (χ3v) is 3.38. The quantitative estimate of drug-likeness (QED) is 0.942. The Kier molecular flexibility index (Phi) is 4.08.